The molecule has 0 bridgehead atoms. The number of carbonyl (C=O) groups is 2. The minimum Gasteiger partial charge on any atom is -0.383 e. The zero-order chi connectivity index (χ0) is 27.0. The van der Waals surface area contributed by atoms with Crippen LogP contribution in [-0.4, -0.2) is 69.2 Å². The number of para-hydroxylation sites is 1. The predicted molar refractivity (Wildman–Crippen MR) is 150 cm³/mol. The molecule has 1 atom stereocenters. The first-order valence-corrected chi connectivity index (χ1v) is 13.4. The van der Waals surface area contributed by atoms with Crippen molar-refractivity contribution in [3.8, 4) is 16.8 Å². The fourth-order valence-corrected chi connectivity index (χ4v) is 5.10. The highest BCUT2D eigenvalue weighted by Gasteiger charge is 2.25. The second kappa shape index (κ2) is 12.6. The molecular formula is C30H34N6O3. The maximum atomic E-state index is 13.2. The molecule has 2 aromatic carbocycles. The number of ketones is 1. The van der Waals surface area contributed by atoms with Crippen molar-refractivity contribution in [2.24, 2.45) is 0 Å². The van der Waals surface area contributed by atoms with Crippen molar-refractivity contribution in [1.29, 1.82) is 0 Å². The highest BCUT2D eigenvalue weighted by Crippen LogP contribution is 2.22. The van der Waals surface area contributed by atoms with Gasteiger partial charge in [0.15, 0.2) is 0 Å². The van der Waals surface area contributed by atoms with E-state index in [2.05, 4.69) is 20.4 Å². The molecule has 0 radical (unpaired) electrons. The van der Waals surface area contributed by atoms with Gasteiger partial charge in [0.1, 0.15) is 5.78 Å². The van der Waals surface area contributed by atoms with Gasteiger partial charge in [-0.2, -0.15) is 5.10 Å². The van der Waals surface area contributed by atoms with Gasteiger partial charge in [0.2, 0.25) is 5.95 Å². The van der Waals surface area contributed by atoms with Crippen molar-refractivity contribution in [2.75, 3.05) is 32.1 Å². The molecule has 2 aromatic heterocycles. The summed E-state index contributed by atoms with van der Waals surface area (Å²) in [7, 11) is 1.71. The van der Waals surface area contributed by atoms with E-state index in [1.54, 1.807) is 25.6 Å². The Bertz CT molecular complexity index is 1380. The number of methoxy groups -OCH3 is 1. The molecule has 1 fully saturated rings. The number of amides is 1. The first kappa shape index (κ1) is 26.5. The summed E-state index contributed by atoms with van der Waals surface area (Å²) in [6.07, 6.45) is 9.49. The van der Waals surface area contributed by atoms with Crippen molar-refractivity contribution in [2.45, 2.75) is 38.1 Å². The van der Waals surface area contributed by atoms with Gasteiger partial charge in [0, 0.05) is 48.8 Å². The molecule has 1 amide bonds. The molecule has 1 aliphatic heterocycles. The Morgan fingerprint density at radius 1 is 1.13 bits per heavy atom. The molecule has 4 aromatic rings. The van der Waals surface area contributed by atoms with Crippen LogP contribution < -0.4 is 5.32 Å². The monoisotopic (exact) mass is 526 g/mol. The number of H-pyrrole nitrogens is 1. The van der Waals surface area contributed by atoms with Gasteiger partial charge in [-0.1, -0.05) is 30.3 Å². The number of benzene rings is 2. The topological polar surface area (TPSA) is 105 Å². The Morgan fingerprint density at radius 2 is 2.00 bits per heavy atom. The number of ether oxygens (including phenoxy) is 1. The number of aryl methyl sites for hydroxylation is 1. The number of nitrogens with zero attached hydrogens (tertiary/aromatic N) is 4. The highest BCUT2D eigenvalue weighted by molar-refractivity contribution is 6.04. The average molecular weight is 527 g/mol. The van der Waals surface area contributed by atoms with E-state index in [1.165, 1.54) is 0 Å². The van der Waals surface area contributed by atoms with E-state index in [-0.39, 0.29) is 11.7 Å². The summed E-state index contributed by atoms with van der Waals surface area (Å²) in [6, 6.07) is 17.5. The molecule has 3 heterocycles. The van der Waals surface area contributed by atoms with Crippen molar-refractivity contribution >= 4 is 17.6 Å². The number of imidazole rings is 1. The summed E-state index contributed by atoms with van der Waals surface area (Å²) in [5.41, 5.74) is 4.06. The fraction of sp³-hybridized carbons (Fsp3) is 0.333. The SMILES string of the molecule is COC[C@H]1CCCN1CC(=O)CCCc1cn(-c2ccccc2)c(NC(=O)c2cccc(-c3cn[nH]c3)c2)n1. The zero-order valence-electron chi connectivity index (χ0n) is 22.2. The maximum absolute atomic E-state index is 13.2. The molecule has 1 aliphatic rings. The Morgan fingerprint density at radius 3 is 2.79 bits per heavy atom. The number of aromatic nitrogens is 4. The van der Waals surface area contributed by atoms with Crippen LogP contribution in [0.5, 0.6) is 0 Å². The molecule has 202 valence electrons. The summed E-state index contributed by atoms with van der Waals surface area (Å²) < 4.78 is 7.19. The van der Waals surface area contributed by atoms with Crippen LogP contribution in [0.1, 0.15) is 41.7 Å². The molecule has 0 unspecified atom stereocenters. The number of anilines is 1. The Balaban J connectivity index is 1.25. The first-order chi connectivity index (χ1) is 19.1. The number of Topliss-reactive ketones (excluding diaryl/α,β-unsaturated/α-hetero) is 1. The van der Waals surface area contributed by atoms with Gasteiger partial charge >= 0.3 is 0 Å². The van der Waals surface area contributed by atoms with Gasteiger partial charge < -0.3 is 4.74 Å². The summed E-state index contributed by atoms with van der Waals surface area (Å²) >= 11 is 0. The van der Waals surface area contributed by atoms with Crippen LogP contribution in [0.3, 0.4) is 0 Å². The van der Waals surface area contributed by atoms with E-state index >= 15 is 0 Å². The van der Waals surface area contributed by atoms with Crippen LogP contribution in [0, 0.1) is 0 Å². The third kappa shape index (κ3) is 6.68. The second-order valence-electron chi connectivity index (χ2n) is 9.90. The molecule has 9 heteroatoms. The fourth-order valence-electron chi connectivity index (χ4n) is 5.10. The molecule has 9 nitrogen and oxygen atoms in total. The van der Waals surface area contributed by atoms with Gasteiger partial charge in [-0.25, -0.2) is 4.98 Å². The molecule has 5 rings (SSSR count). The summed E-state index contributed by atoms with van der Waals surface area (Å²) in [6.45, 7) is 2.10. The van der Waals surface area contributed by atoms with E-state index in [0.29, 0.717) is 50.0 Å². The van der Waals surface area contributed by atoms with Crippen LogP contribution in [0.4, 0.5) is 5.95 Å². The van der Waals surface area contributed by atoms with E-state index in [9.17, 15) is 9.59 Å². The summed E-state index contributed by atoms with van der Waals surface area (Å²) in [4.78, 5) is 32.9. The average Bonchev–Trinajstić information content (AvgIpc) is 3.72. The Kier molecular flexibility index (Phi) is 8.60. The minimum atomic E-state index is -0.249. The third-order valence-electron chi connectivity index (χ3n) is 7.10. The van der Waals surface area contributed by atoms with Crippen LogP contribution >= 0.6 is 0 Å². The molecule has 39 heavy (non-hydrogen) atoms. The number of aromatic amines is 1. The largest absolute Gasteiger partial charge is 0.383 e. The van der Waals surface area contributed by atoms with Crippen molar-refractivity contribution in [3.05, 3.63) is 84.4 Å². The lowest BCUT2D eigenvalue weighted by atomic mass is 10.1. The van der Waals surface area contributed by atoms with E-state index < -0.39 is 0 Å². The molecule has 0 spiro atoms. The highest BCUT2D eigenvalue weighted by atomic mass is 16.5. The van der Waals surface area contributed by atoms with E-state index in [0.717, 1.165) is 41.9 Å². The number of hydrogen-bond donors (Lipinski definition) is 2. The zero-order valence-corrected chi connectivity index (χ0v) is 22.2. The molecule has 1 saturated heterocycles. The molecule has 0 aliphatic carbocycles. The number of carbonyl (C=O) groups excluding carboxylic acids is 2. The van der Waals surface area contributed by atoms with Crippen LogP contribution in [0.15, 0.2) is 73.2 Å². The van der Waals surface area contributed by atoms with Gasteiger partial charge in [-0.15, -0.1) is 0 Å². The third-order valence-corrected chi connectivity index (χ3v) is 7.10. The molecule has 2 N–H and O–H groups in total. The van der Waals surface area contributed by atoms with Crippen molar-refractivity contribution in [1.82, 2.24) is 24.6 Å². The molecular weight excluding hydrogens is 492 g/mol. The lowest BCUT2D eigenvalue weighted by Crippen LogP contribution is -2.36. The van der Waals surface area contributed by atoms with Gasteiger partial charge in [0.05, 0.1) is 25.0 Å². The van der Waals surface area contributed by atoms with Crippen molar-refractivity contribution in [3.63, 3.8) is 0 Å². The van der Waals surface area contributed by atoms with E-state index in [4.69, 9.17) is 9.72 Å². The van der Waals surface area contributed by atoms with Gasteiger partial charge in [-0.3, -0.25) is 29.5 Å². The minimum absolute atomic E-state index is 0.242. The number of rotatable bonds is 12. The first-order valence-electron chi connectivity index (χ1n) is 13.4. The standard InChI is InChI=1S/C30H34N6O3/c1-39-21-27-13-7-15-35(27)20-28(37)14-6-10-25-19-36(26-11-3-2-4-12-26)30(33-25)34-29(38)23-9-5-8-22(16-23)24-17-31-32-18-24/h2-5,8-9,11-12,16-19,27H,6-7,10,13-15,20-21H2,1H3,(H,31,32)(H,33,34,38)/t27-/m1/s1. The molecule has 0 saturated carbocycles. The van der Waals surface area contributed by atoms with Crippen molar-refractivity contribution < 1.29 is 14.3 Å². The Labute approximate surface area is 228 Å². The van der Waals surface area contributed by atoms with Crippen LogP contribution in [0.2, 0.25) is 0 Å². The van der Waals surface area contributed by atoms with Gasteiger partial charge in [0.25, 0.3) is 5.91 Å². The maximum Gasteiger partial charge on any atom is 0.258 e. The van der Waals surface area contributed by atoms with Crippen LogP contribution in [-0.2, 0) is 16.0 Å². The number of hydrogen-bond acceptors (Lipinski definition) is 6. The summed E-state index contributed by atoms with van der Waals surface area (Å²) in [5, 5.41) is 9.78. The number of nitrogens with one attached hydrogen (secondary N) is 2. The summed E-state index contributed by atoms with van der Waals surface area (Å²) in [5.74, 6) is 0.438. The smallest absolute Gasteiger partial charge is 0.258 e. The van der Waals surface area contributed by atoms with Gasteiger partial charge in [-0.05, 0) is 62.1 Å². The lowest BCUT2D eigenvalue weighted by molar-refractivity contribution is -0.120. The quantitative estimate of drug-likeness (QED) is 0.281. The predicted octanol–water partition coefficient (Wildman–Crippen LogP) is 4.52. The van der Waals surface area contributed by atoms with Crippen LogP contribution in [0.25, 0.3) is 16.8 Å². The normalized spacial score (nSPS) is 15.5. The Hall–Kier alpha value is -4.08. The second-order valence-corrected chi connectivity index (χ2v) is 9.90. The lowest BCUT2D eigenvalue weighted by Gasteiger charge is -2.22. The van der Waals surface area contributed by atoms with E-state index in [1.807, 2.05) is 59.3 Å². The number of likely N-dealkylation sites (tertiary alicyclic amines) is 1.